The predicted molar refractivity (Wildman–Crippen MR) is 95.1 cm³/mol. The van der Waals surface area contributed by atoms with Gasteiger partial charge in [0.05, 0.1) is 11.5 Å². The minimum atomic E-state index is -4.39. The molecule has 1 saturated heterocycles. The van der Waals surface area contributed by atoms with Crippen molar-refractivity contribution in [1.82, 2.24) is 15.3 Å². The molecule has 1 aliphatic rings. The first kappa shape index (κ1) is 19.1. The fraction of sp³-hybridized carbons (Fsp3) is 0.421. The van der Waals surface area contributed by atoms with Crippen LogP contribution in [-0.2, 0) is 17.4 Å². The van der Waals surface area contributed by atoms with Crippen molar-refractivity contribution in [3.8, 4) is 0 Å². The van der Waals surface area contributed by atoms with Gasteiger partial charge >= 0.3 is 6.18 Å². The highest BCUT2D eigenvalue weighted by Crippen LogP contribution is 2.31. The molecular formula is C19H21F3N4O. The van der Waals surface area contributed by atoms with Gasteiger partial charge < -0.3 is 10.2 Å². The number of amides is 1. The number of carbonyl (C=O) groups excluding carboxylic acids is 1. The number of carbonyl (C=O) groups is 1. The maximum Gasteiger partial charge on any atom is 0.416 e. The van der Waals surface area contributed by atoms with E-state index in [4.69, 9.17) is 0 Å². The van der Waals surface area contributed by atoms with Crippen molar-refractivity contribution in [3.63, 3.8) is 0 Å². The molecule has 1 N–H and O–H groups in total. The lowest BCUT2D eigenvalue weighted by molar-refractivity contribution is -0.138. The Hall–Kier alpha value is -2.64. The third-order valence-electron chi connectivity index (χ3n) is 4.64. The molecule has 2 heterocycles. The van der Waals surface area contributed by atoms with Crippen molar-refractivity contribution in [3.05, 3.63) is 53.9 Å². The average molecular weight is 378 g/mol. The highest BCUT2D eigenvalue weighted by Gasteiger charge is 2.33. The van der Waals surface area contributed by atoms with E-state index in [-0.39, 0.29) is 30.4 Å². The van der Waals surface area contributed by atoms with Crippen LogP contribution in [0.15, 0.2) is 42.7 Å². The van der Waals surface area contributed by atoms with E-state index in [0.29, 0.717) is 12.5 Å². The van der Waals surface area contributed by atoms with Crippen LogP contribution in [0, 0.1) is 5.92 Å². The van der Waals surface area contributed by atoms with Crippen LogP contribution in [0.3, 0.4) is 0 Å². The maximum absolute atomic E-state index is 13.0. The normalized spacial score (nSPS) is 17.6. The average Bonchev–Trinajstić information content (AvgIpc) is 2.68. The summed E-state index contributed by atoms with van der Waals surface area (Å²) in [6.45, 7) is 1.46. The summed E-state index contributed by atoms with van der Waals surface area (Å²) >= 11 is 0. The molecule has 0 saturated carbocycles. The number of aromatic nitrogens is 2. The fourth-order valence-corrected chi connectivity index (χ4v) is 3.31. The van der Waals surface area contributed by atoms with E-state index >= 15 is 0 Å². The van der Waals surface area contributed by atoms with Crippen molar-refractivity contribution in [2.24, 2.45) is 5.92 Å². The van der Waals surface area contributed by atoms with Crippen LogP contribution in [0.2, 0.25) is 0 Å². The van der Waals surface area contributed by atoms with Crippen LogP contribution >= 0.6 is 0 Å². The smallest absolute Gasteiger partial charge is 0.355 e. The van der Waals surface area contributed by atoms with Crippen LogP contribution < -0.4 is 10.2 Å². The lowest BCUT2D eigenvalue weighted by atomic mass is 9.97. The molecule has 3 rings (SSSR count). The number of anilines is 1. The Labute approximate surface area is 155 Å². The lowest BCUT2D eigenvalue weighted by Crippen LogP contribution is -2.44. The maximum atomic E-state index is 13.0. The summed E-state index contributed by atoms with van der Waals surface area (Å²) in [5.74, 6) is 0.231. The number of halogens is 3. The minimum absolute atomic E-state index is 0.139. The van der Waals surface area contributed by atoms with E-state index in [2.05, 4.69) is 15.3 Å². The molecule has 1 aromatic carbocycles. The molecule has 2 aromatic rings. The summed E-state index contributed by atoms with van der Waals surface area (Å²) in [4.78, 5) is 22.8. The number of piperidine rings is 1. The van der Waals surface area contributed by atoms with Crippen molar-refractivity contribution in [1.29, 1.82) is 0 Å². The molecule has 1 atom stereocenters. The third-order valence-corrected chi connectivity index (χ3v) is 4.64. The van der Waals surface area contributed by atoms with Crippen LogP contribution in [0.25, 0.3) is 0 Å². The fourth-order valence-electron chi connectivity index (χ4n) is 3.31. The number of nitrogens with one attached hydrogen (secondary N) is 1. The Kier molecular flexibility index (Phi) is 5.93. The number of alkyl halides is 3. The molecule has 0 aliphatic carbocycles. The zero-order valence-corrected chi connectivity index (χ0v) is 14.7. The van der Waals surface area contributed by atoms with E-state index in [1.54, 1.807) is 24.5 Å². The molecule has 1 fully saturated rings. The number of hydrogen-bond acceptors (Lipinski definition) is 4. The standard InChI is InChI=1S/C19H21F3N4O/c20-19(21,22)16-7-2-1-5-14(16)8-11-23-17(27)15-6-3-12-26(13-15)18-24-9-4-10-25-18/h1-2,4-5,7,9-10,15H,3,6,8,11-13H2,(H,23,27). The molecule has 5 nitrogen and oxygen atoms in total. The Balaban J connectivity index is 1.54. The molecule has 0 spiro atoms. The Morgan fingerprint density at radius 1 is 1.19 bits per heavy atom. The monoisotopic (exact) mass is 378 g/mol. The van der Waals surface area contributed by atoms with Crippen molar-refractivity contribution in [2.45, 2.75) is 25.4 Å². The highest BCUT2D eigenvalue weighted by atomic mass is 19.4. The summed E-state index contributed by atoms with van der Waals surface area (Å²) in [5.41, 5.74) is -0.461. The SMILES string of the molecule is O=C(NCCc1ccccc1C(F)(F)F)C1CCCN(c2ncccn2)C1. The third kappa shape index (κ3) is 4.96. The molecule has 1 amide bonds. The zero-order chi connectivity index (χ0) is 19.3. The first-order valence-corrected chi connectivity index (χ1v) is 8.90. The van der Waals surface area contributed by atoms with E-state index in [0.717, 1.165) is 25.5 Å². The molecule has 27 heavy (non-hydrogen) atoms. The van der Waals surface area contributed by atoms with Crippen LogP contribution in [0.4, 0.5) is 19.1 Å². The van der Waals surface area contributed by atoms with E-state index in [9.17, 15) is 18.0 Å². The van der Waals surface area contributed by atoms with Gasteiger partial charge in [0.2, 0.25) is 11.9 Å². The van der Waals surface area contributed by atoms with E-state index < -0.39 is 11.7 Å². The first-order valence-electron chi connectivity index (χ1n) is 8.90. The van der Waals surface area contributed by atoms with Crippen molar-refractivity contribution < 1.29 is 18.0 Å². The van der Waals surface area contributed by atoms with E-state index in [1.165, 1.54) is 12.1 Å². The summed E-state index contributed by atoms with van der Waals surface area (Å²) in [5, 5.41) is 2.78. The van der Waals surface area contributed by atoms with Gasteiger partial charge in [-0.15, -0.1) is 0 Å². The quantitative estimate of drug-likeness (QED) is 0.869. The van der Waals surface area contributed by atoms with Gasteiger partial charge in [-0.1, -0.05) is 18.2 Å². The number of hydrogen-bond donors (Lipinski definition) is 1. The second-order valence-electron chi connectivity index (χ2n) is 6.53. The molecular weight excluding hydrogens is 357 g/mol. The molecule has 144 valence electrons. The Bertz CT molecular complexity index is 767. The van der Waals surface area contributed by atoms with Crippen molar-refractivity contribution in [2.75, 3.05) is 24.5 Å². The summed E-state index contributed by atoms with van der Waals surface area (Å²) in [6.07, 6.45) is 0.648. The van der Waals surface area contributed by atoms with Crippen molar-refractivity contribution >= 4 is 11.9 Å². The number of nitrogens with zero attached hydrogens (tertiary/aromatic N) is 3. The molecule has 8 heteroatoms. The van der Waals surface area contributed by atoms with Gasteiger partial charge in [0.1, 0.15) is 0 Å². The Morgan fingerprint density at radius 2 is 1.93 bits per heavy atom. The molecule has 1 aromatic heterocycles. The molecule has 1 unspecified atom stereocenters. The van der Waals surface area contributed by atoms with E-state index in [1.807, 2.05) is 4.90 Å². The first-order chi connectivity index (χ1) is 12.9. The minimum Gasteiger partial charge on any atom is -0.355 e. The van der Waals surface area contributed by atoms with Gasteiger partial charge in [-0.05, 0) is 37.0 Å². The second-order valence-corrected chi connectivity index (χ2v) is 6.53. The molecule has 0 radical (unpaired) electrons. The van der Waals surface area contributed by atoms with Crippen LogP contribution in [-0.4, -0.2) is 35.5 Å². The highest BCUT2D eigenvalue weighted by molar-refractivity contribution is 5.79. The molecule has 0 bridgehead atoms. The largest absolute Gasteiger partial charge is 0.416 e. The summed E-state index contributed by atoms with van der Waals surface area (Å²) < 4.78 is 39.1. The topological polar surface area (TPSA) is 58.1 Å². The summed E-state index contributed by atoms with van der Waals surface area (Å²) in [7, 11) is 0. The second kappa shape index (κ2) is 8.37. The van der Waals surface area contributed by atoms with Gasteiger partial charge in [0.15, 0.2) is 0 Å². The summed E-state index contributed by atoms with van der Waals surface area (Å²) in [6, 6.07) is 7.19. The van der Waals surface area contributed by atoms with Gasteiger partial charge in [-0.25, -0.2) is 9.97 Å². The Morgan fingerprint density at radius 3 is 2.67 bits per heavy atom. The van der Waals surface area contributed by atoms with Gasteiger partial charge in [0, 0.05) is 32.0 Å². The van der Waals surface area contributed by atoms with Gasteiger partial charge in [-0.3, -0.25) is 4.79 Å². The van der Waals surface area contributed by atoms with Gasteiger partial charge in [-0.2, -0.15) is 13.2 Å². The number of rotatable bonds is 5. The van der Waals surface area contributed by atoms with Crippen LogP contribution in [0.1, 0.15) is 24.0 Å². The predicted octanol–water partition coefficient (Wildman–Crippen LogP) is 3.07. The number of benzene rings is 1. The molecule has 1 aliphatic heterocycles. The lowest BCUT2D eigenvalue weighted by Gasteiger charge is -2.31. The van der Waals surface area contributed by atoms with Crippen LogP contribution in [0.5, 0.6) is 0 Å². The van der Waals surface area contributed by atoms with Gasteiger partial charge in [0.25, 0.3) is 0 Å². The zero-order valence-electron chi connectivity index (χ0n) is 14.7.